The van der Waals surface area contributed by atoms with Crippen molar-refractivity contribution in [2.45, 2.75) is 4.90 Å². The van der Waals surface area contributed by atoms with Crippen LogP contribution in [0.3, 0.4) is 0 Å². The molecule has 1 aromatic heterocycles. The standard InChI is InChI=1S/C11H12FN3S/c1-15-11(13)7(6-14-15)10-8(12)4-3-5-9(10)16-2/h3-6H,13H2,1-2H3. The van der Waals surface area contributed by atoms with E-state index in [2.05, 4.69) is 5.10 Å². The van der Waals surface area contributed by atoms with Crippen molar-refractivity contribution in [2.75, 3.05) is 12.0 Å². The summed E-state index contributed by atoms with van der Waals surface area (Å²) in [6, 6.07) is 4.99. The number of aromatic nitrogens is 2. The molecule has 5 heteroatoms. The van der Waals surface area contributed by atoms with Crippen molar-refractivity contribution in [1.82, 2.24) is 9.78 Å². The zero-order valence-electron chi connectivity index (χ0n) is 9.07. The van der Waals surface area contributed by atoms with Crippen molar-refractivity contribution in [3.8, 4) is 11.1 Å². The molecular weight excluding hydrogens is 225 g/mol. The number of hydrogen-bond acceptors (Lipinski definition) is 3. The Morgan fingerprint density at radius 1 is 1.44 bits per heavy atom. The lowest BCUT2D eigenvalue weighted by Crippen LogP contribution is -1.99. The molecule has 1 heterocycles. The molecule has 0 bridgehead atoms. The first kappa shape index (κ1) is 11.0. The van der Waals surface area contributed by atoms with Crippen LogP contribution >= 0.6 is 11.8 Å². The van der Waals surface area contributed by atoms with Gasteiger partial charge in [0.05, 0.1) is 6.20 Å². The highest BCUT2D eigenvalue weighted by Crippen LogP contribution is 2.35. The van der Waals surface area contributed by atoms with Crippen LogP contribution in [0.2, 0.25) is 0 Å². The largest absolute Gasteiger partial charge is 0.383 e. The molecule has 0 aliphatic rings. The Bertz CT molecular complexity index is 522. The van der Waals surface area contributed by atoms with Crippen LogP contribution in [0.5, 0.6) is 0 Å². The van der Waals surface area contributed by atoms with Gasteiger partial charge < -0.3 is 5.73 Å². The van der Waals surface area contributed by atoms with Gasteiger partial charge in [0.25, 0.3) is 0 Å². The van der Waals surface area contributed by atoms with Gasteiger partial charge in [-0.3, -0.25) is 4.68 Å². The molecule has 2 aromatic rings. The Hall–Kier alpha value is -1.49. The Balaban J connectivity index is 2.68. The molecule has 0 fully saturated rings. The first-order chi connectivity index (χ1) is 7.65. The van der Waals surface area contributed by atoms with Crippen molar-refractivity contribution >= 4 is 17.6 Å². The number of benzene rings is 1. The van der Waals surface area contributed by atoms with E-state index in [4.69, 9.17) is 5.73 Å². The van der Waals surface area contributed by atoms with E-state index in [0.29, 0.717) is 16.9 Å². The maximum absolute atomic E-state index is 13.8. The minimum absolute atomic E-state index is 0.272. The van der Waals surface area contributed by atoms with Crippen LogP contribution in [0.15, 0.2) is 29.3 Å². The van der Waals surface area contributed by atoms with E-state index >= 15 is 0 Å². The molecule has 3 nitrogen and oxygen atoms in total. The third-order valence-corrected chi connectivity index (χ3v) is 3.23. The van der Waals surface area contributed by atoms with Gasteiger partial charge in [-0.2, -0.15) is 5.10 Å². The van der Waals surface area contributed by atoms with Crippen LogP contribution < -0.4 is 5.73 Å². The van der Waals surface area contributed by atoms with E-state index in [0.717, 1.165) is 4.90 Å². The fraction of sp³-hybridized carbons (Fsp3) is 0.182. The van der Waals surface area contributed by atoms with Crippen LogP contribution in [-0.2, 0) is 7.05 Å². The molecule has 0 unspecified atom stereocenters. The third kappa shape index (κ3) is 1.67. The van der Waals surface area contributed by atoms with Crippen molar-refractivity contribution < 1.29 is 4.39 Å². The Morgan fingerprint density at radius 2 is 2.19 bits per heavy atom. The molecule has 0 aliphatic heterocycles. The molecule has 2 rings (SSSR count). The topological polar surface area (TPSA) is 43.8 Å². The molecule has 2 N–H and O–H groups in total. The van der Waals surface area contributed by atoms with Gasteiger partial charge in [-0.25, -0.2) is 4.39 Å². The normalized spacial score (nSPS) is 10.7. The number of nitrogen functional groups attached to an aromatic ring is 1. The predicted octanol–water partition coefficient (Wildman–Crippen LogP) is 2.53. The second-order valence-electron chi connectivity index (χ2n) is 3.38. The summed E-state index contributed by atoms with van der Waals surface area (Å²) >= 11 is 1.49. The quantitative estimate of drug-likeness (QED) is 0.816. The van der Waals surface area contributed by atoms with Crippen LogP contribution in [0, 0.1) is 5.82 Å². The average molecular weight is 237 g/mol. The molecule has 0 radical (unpaired) electrons. The smallest absolute Gasteiger partial charge is 0.132 e. The van der Waals surface area contributed by atoms with Gasteiger partial charge in [-0.05, 0) is 18.4 Å². The summed E-state index contributed by atoms with van der Waals surface area (Å²) in [5.74, 6) is 0.201. The van der Waals surface area contributed by atoms with Crippen molar-refractivity contribution in [2.24, 2.45) is 7.05 Å². The minimum Gasteiger partial charge on any atom is -0.383 e. The zero-order valence-corrected chi connectivity index (χ0v) is 9.88. The second-order valence-corrected chi connectivity index (χ2v) is 4.23. The second kappa shape index (κ2) is 4.17. The van der Waals surface area contributed by atoms with Gasteiger partial charge >= 0.3 is 0 Å². The van der Waals surface area contributed by atoms with E-state index in [1.807, 2.05) is 12.3 Å². The SMILES string of the molecule is CSc1cccc(F)c1-c1cnn(C)c1N. The minimum atomic E-state index is -0.272. The summed E-state index contributed by atoms with van der Waals surface area (Å²) in [5.41, 5.74) is 7.02. The number of hydrogen-bond donors (Lipinski definition) is 1. The molecule has 0 atom stereocenters. The highest BCUT2D eigenvalue weighted by molar-refractivity contribution is 7.98. The molecule has 0 spiro atoms. The number of aryl methyl sites for hydroxylation is 1. The fourth-order valence-corrected chi connectivity index (χ4v) is 2.20. The predicted molar refractivity (Wildman–Crippen MR) is 64.8 cm³/mol. The van der Waals surface area contributed by atoms with Crippen molar-refractivity contribution in [3.05, 3.63) is 30.2 Å². The summed E-state index contributed by atoms with van der Waals surface area (Å²) < 4.78 is 15.3. The summed E-state index contributed by atoms with van der Waals surface area (Å²) in [5, 5.41) is 4.02. The van der Waals surface area contributed by atoms with Crippen LogP contribution in [0.4, 0.5) is 10.2 Å². The lowest BCUT2D eigenvalue weighted by molar-refractivity contribution is 0.628. The van der Waals surface area contributed by atoms with E-state index in [9.17, 15) is 4.39 Å². The summed E-state index contributed by atoms with van der Waals surface area (Å²) in [6.45, 7) is 0. The molecular formula is C11H12FN3S. The van der Waals surface area contributed by atoms with E-state index < -0.39 is 0 Å². The van der Waals surface area contributed by atoms with Crippen LogP contribution in [0.25, 0.3) is 11.1 Å². The lowest BCUT2D eigenvalue weighted by atomic mass is 10.1. The maximum Gasteiger partial charge on any atom is 0.132 e. The molecule has 16 heavy (non-hydrogen) atoms. The van der Waals surface area contributed by atoms with Crippen LogP contribution in [-0.4, -0.2) is 16.0 Å². The number of nitrogens with two attached hydrogens (primary N) is 1. The maximum atomic E-state index is 13.8. The van der Waals surface area contributed by atoms with Gasteiger partial charge in [0.1, 0.15) is 11.6 Å². The lowest BCUT2D eigenvalue weighted by Gasteiger charge is -2.07. The average Bonchev–Trinajstić information content (AvgIpc) is 2.60. The Labute approximate surface area is 97.5 Å². The molecule has 0 amide bonds. The highest BCUT2D eigenvalue weighted by atomic mass is 32.2. The van der Waals surface area contributed by atoms with Crippen LogP contribution in [0.1, 0.15) is 0 Å². The molecule has 0 saturated heterocycles. The zero-order chi connectivity index (χ0) is 11.7. The Kier molecular flexibility index (Phi) is 2.87. The fourth-order valence-electron chi connectivity index (χ4n) is 1.58. The van der Waals surface area contributed by atoms with E-state index in [-0.39, 0.29) is 5.82 Å². The number of thioether (sulfide) groups is 1. The first-order valence-corrected chi connectivity index (χ1v) is 5.98. The van der Waals surface area contributed by atoms with Gasteiger partial charge in [0, 0.05) is 23.1 Å². The first-order valence-electron chi connectivity index (χ1n) is 4.75. The van der Waals surface area contributed by atoms with Crippen molar-refractivity contribution in [1.29, 1.82) is 0 Å². The third-order valence-electron chi connectivity index (χ3n) is 2.45. The summed E-state index contributed by atoms with van der Waals surface area (Å²) in [4.78, 5) is 0.861. The Morgan fingerprint density at radius 3 is 2.75 bits per heavy atom. The van der Waals surface area contributed by atoms with Gasteiger partial charge in [-0.15, -0.1) is 11.8 Å². The van der Waals surface area contributed by atoms with E-state index in [1.54, 1.807) is 19.3 Å². The number of halogens is 1. The molecule has 0 aliphatic carbocycles. The van der Waals surface area contributed by atoms with Gasteiger partial charge in [-0.1, -0.05) is 6.07 Å². The summed E-state index contributed by atoms with van der Waals surface area (Å²) in [6.07, 6.45) is 3.50. The van der Waals surface area contributed by atoms with Gasteiger partial charge in [0.15, 0.2) is 0 Å². The van der Waals surface area contributed by atoms with Crippen molar-refractivity contribution in [3.63, 3.8) is 0 Å². The monoisotopic (exact) mass is 237 g/mol. The summed E-state index contributed by atoms with van der Waals surface area (Å²) in [7, 11) is 1.73. The number of rotatable bonds is 2. The highest BCUT2D eigenvalue weighted by Gasteiger charge is 2.15. The van der Waals surface area contributed by atoms with E-state index in [1.165, 1.54) is 22.5 Å². The number of anilines is 1. The number of nitrogens with zero attached hydrogens (tertiary/aromatic N) is 2. The molecule has 0 saturated carbocycles. The molecule has 84 valence electrons. The molecule has 1 aromatic carbocycles. The van der Waals surface area contributed by atoms with Gasteiger partial charge in [0.2, 0.25) is 0 Å².